The molecule has 72 valence electrons. The SMILES string of the molecule is Cc1cnc(C(F)(F)F)c(CBr)c1. The molecule has 0 aliphatic heterocycles. The number of hydrogen-bond donors (Lipinski definition) is 0. The third-order valence-corrected chi connectivity index (χ3v) is 2.12. The first-order valence-electron chi connectivity index (χ1n) is 3.54. The summed E-state index contributed by atoms with van der Waals surface area (Å²) in [6.45, 7) is 1.71. The summed E-state index contributed by atoms with van der Waals surface area (Å²) in [7, 11) is 0. The highest BCUT2D eigenvalue weighted by Gasteiger charge is 2.34. The molecule has 5 heteroatoms. The number of aryl methyl sites for hydroxylation is 1. The van der Waals surface area contributed by atoms with E-state index in [1.165, 1.54) is 12.3 Å². The Labute approximate surface area is 82.1 Å². The maximum absolute atomic E-state index is 12.3. The molecule has 0 fully saturated rings. The molecule has 0 aliphatic carbocycles. The molecule has 1 heterocycles. The molecule has 0 bridgehead atoms. The van der Waals surface area contributed by atoms with Crippen LogP contribution in [0.2, 0.25) is 0 Å². The molecule has 0 aromatic carbocycles. The molecular formula is C8H7BrF3N. The van der Waals surface area contributed by atoms with Crippen LogP contribution in [0.5, 0.6) is 0 Å². The van der Waals surface area contributed by atoms with Crippen molar-refractivity contribution in [2.75, 3.05) is 0 Å². The summed E-state index contributed by atoms with van der Waals surface area (Å²) in [5.74, 6) is 0. The van der Waals surface area contributed by atoms with Gasteiger partial charge in [0.2, 0.25) is 0 Å². The van der Waals surface area contributed by atoms with Crippen LogP contribution in [0.4, 0.5) is 13.2 Å². The van der Waals surface area contributed by atoms with Crippen molar-refractivity contribution in [1.29, 1.82) is 0 Å². The quantitative estimate of drug-likeness (QED) is 0.700. The summed E-state index contributed by atoms with van der Waals surface area (Å²) in [6.07, 6.45) is -3.15. The number of hydrogen-bond acceptors (Lipinski definition) is 1. The van der Waals surface area contributed by atoms with Gasteiger partial charge < -0.3 is 0 Å². The van der Waals surface area contributed by atoms with E-state index in [2.05, 4.69) is 20.9 Å². The zero-order valence-corrected chi connectivity index (χ0v) is 8.41. The van der Waals surface area contributed by atoms with Gasteiger partial charge in [-0.15, -0.1) is 0 Å². The monoisotopic (exact) mass is 253 g/mol. The molecule has 0 amide bonds. The van der Waals surface area contributed by atoms with E-state index in [1.54, 1.807) is 6.92 Å². The zero-order chi connectivity index (χ0) is 10.1. The van der Waals surface area contributed by atoms with Crippen molar-refractivity contribution >= 4 is 15.9 Å². The van der Waals surface area contributed by atoms with E-state index in [0.717, 1.165) is 5.56 Å². The molecule has 0 aliphatic rings. The maximum Gasteiger partial charge on any atom is 0.433 e. The van der Waals surface area contributed by atoms with Crippen molar-refractivity contribution in [1.82, 2.24) is 4.98 Å². The van der Waals surface area contributed by atoms with Crippen molar-refractivity contribution in [3.63, 3.8) is 0 Å². The fraction of sp³-hybridized carbons (Fsp3) is 0.375. The number of pyridine rings is 1. The zero-order valence-electron chi connectivity index (χ0n) is 6.82. The van der Waals surface area contributed by atoms with E-state index in [4.69, 9.17) is 0 Å². The average Bonchev–Trinajstić information content (AvgIpc) is 2.01. The molecule has 0 spiro atoms. The van der Waals surface area contributed by atoms with Crippen molar-refractivity contribution in [2.45, 2.75) is 18.4 Å². The van der Waals surface area contributed by atoms with Gasteiger partial charge in [0.1, 0.15) is 5.69 Å². The van der Waals surface area contributed by atoms with E-state index in [-0.39, 0.29) is 10.9 Å². The molecule has 0 unspecified atom stereocenters. The van der Waals surface area contributed by atoms with E-state index in [9.17, 15) is 13.2 Å². The lowest BCUT2D eigenvalue weighted by Gasteiger charge is -2.09. The van der Waals surface area contributed by atoms with Gasteiger partial charge in [0, 0.05) is 11.5 Å². The molecule has 0 atom stereocenters. The van der Waals surface area contributed by atoms with Crippen molar-refractivity contribution in [2.24, 2.45) is 0 Å². The Balaban J connectivity index is 3.22. The fourth-order valence-electron chi connectivity index (χ4n) is 0.987. The standard InChI is InChI=1S/C8H7BrF3N/c1-5-2-6(3-9)7(13-4-5)8(10,11)12/h2,4H,3H2,1H3. The van der Waals surface area contributed by atoms with Crippen LogP contribution >= 0.6 is 15.9 Å². The normalized spacial score (nSPS) is 11.8. The van der Waals surface area contributed by atoms with Gasteiger partial charge in [-0.3, -0.25) is 4.98 Å². The predicted molar refractivity (Wildman–Crippen MR) is 46.6 cm³/mol. The first-order chi connectivity index (χ1) is 5.95. The molecule has 0 saturated heterocycles. The Morgan fingerprint density at radius 2 is 2.08 bits per heavy atom. The van der Waals surface area contributed by atoms with Gasteiger partial charge in [-0.1, -0.05) is 22.0 Å². The van der Waals surface area contributed by atoms with Crippen LogP contribution in [0.3, 0.4) is 0 Å². The van der Waals surface area contributed by atoms with Gasteiger partial charge >= 0.3 is 6.18 Å². The average molecular weight is 254 g/mol. The molecule has 1 aromatic rings. The summed E-state index contributed by atoms with van der Waals surface area (Å²) in [5, 5.41) is 0.163. The highest BCUT2D eigenvalue weighted by Crippen LogP contribution is 2.31. The summed E-state index contributed by atoms with van der Waals surface area (Å²) >= 11 is 2.99. The predicted octanol–water partition coefficient (Wildman–Crippen LogP) is 3.30. The number of alkyl halides is 4. The largest absolute Gasteiger partial charge is 0.433 e. The molecule has 1 aromatic heterocycles. The minimum atomic E-state index is -4.36. The molecule has 1 nitrogen and oxygen atoms in total. The molecule has 0 saturated carbocycles. The smallest absolute Gasteiger partial charge is 0.251 e. The third kappa shape index (κ3) is 2.43. The van der Waals surface area contributed by atoms with Crippen molar-refractivity contribution in [3.05, 3.63) is 29.1 Å². The van der Waals surface area contributed by atoms with Gasteiger partial charge in [0.05, 0.1) is 0 Å². The van der Waals surface area contributed by atoms with Crippen LogP contribution in [0.1, 0.15) is 16.8 Å². The lowest BCUT2D eigenvalue weighted by Crippen LogP contribution is -2.11. The minimum Gasteiger partial charge on any atom is -0.251 e. The number of aromatic nitrogens is 1. The van der Waals surface area contributed by atoms with Crippen molar-refractivity contribution < 1.29 is 13.2 Å². The Hall–Kier alpha value is -0.580. The van der Waals surface area contributed by atoms with Crippen LogP contribution in [0.15, 0.2) is 12.3 Å². The Morgan fingerprint density at radius 1 is 1.46 bits per heavy atom. The summed E-state index contributed by atoms with van der Waals surface area (Å²) in [5.41, 5.74) is 0.0879. The fourth-order valence-corrected chi connectivity index (χ4v) is 1.41. The second-order valence-electron chi connectivity index (χ2n) is 2.65. The topological polar surface area (TPSA) is 12.9 Å². The van der Waals surface area contributed by atoms with Crippen LogP contribution in [-0.2, 0) is 11.5 Å². The summed E-state index contributed by atoms with van der Waals surface area (Å²) in [4.78, 5) is 3.37. The second kappa shape index (κ2) is 3.65. The third-order valence-electron chi connectivity index (χ3n) is 1.52. The van der Waals surface area contributed by atoms with E-state index in [0.29, 0.717) is 0 Å². The van der Waals surface area contributed by atoms with Gasteiger partial charge in [-0.25, -0.2) is 0 Å². The molecule has 0 radical (unpaired) electrons. The van der Waals surface area contributed by atoms with Gasteiger partial charge in [0.15, 0.2) is 0 Å². The number of nitrogens with zero attached hydrogens (tertiary/aromatic N) is 1. The van der Waals surface area contributed by atoms with Crippen LogP contribution in [0, 0.1) is 6.92 Å². The first-order valence-corrected chi connectivity index (χ1v) is 4.66. The van der Waals surface area contributed by atoms with Crippen LogP contribution < -0.4 is 0 Å². The minimum absolute atomic E-state index is 0.163. The first kappa shape index (κ1) is 10.5. The maximum atomic E-state index is 12.3. The Morgan fingerprint density at radius 3 is 2.54 bits per heavy atom. The van der Waals surface area contributed by atoms with Gasteiger partial charge in [0.25, 0.3) is 0 Å². The highest BCUT2D eigenvalue weighted by atomic mass is 79.9. The van der Waals surface area contributed by atoms with E-state index < -0.39 is 11.9 Å². The summed E-state index contributed by atoms with van der Waals surface area (Å²) in [6, 6.07) is 1.48. The lowest BCUT2D eigenvalue weighted by molar-refractivity contribution is -0.141. The highest BCUT2D eigenvalue weighted by molar-refractivity contribution is 9.08. The van der Waals surface area contributed by atoms with Crippen LogP contribution in [-0.4, -0.2) is 4.98 Å². The van der Waals surface area contributed by atoms with Crippen molar-refractivity contribution in [3.8, 4) is 0 Å². The summed E-state index contributed by atoms with van der Waals surface area (Å²) < 4.78 is 36.9. The van der Waals surface area contributed by atoms with Crippen LogP contribution in [0.25, 0.3) is 0 Å². The number of halogens is 4. The molecule has 0 N–H and O–H groups in total. The Bertz CT molecular complexity index is 309. The second-order valence-corrected chi connectivity index (χ2v) is 3.21. The van der Waals surface area contributed by atoms with E-state index >= 15 is 0 Å². The van der Waals surface area contributed by atoms with Gasteiger partial charge in [-0.05, 0) is 18.1 Å². The molecular weight excluding hydrogens is 247 g/mol. The van der Waals surface area contributed by atoms with E-state index in [1.807, 2.05) is 0 Å². The lowest BCUT2D eigenvalue weighted by atomic mass is 10.1. The molecule has 13 heavy (non-hydrogen) atoms. The Kier molecular flexibility index (Phi) is 2.95. The molecule has 1 rings (SSSR count). The number of rotatable bonds is 1. The van der Waals surface area contributed by atoms with Gasteiger partial charge in [-0.2, -0.15) is 13.2 Å².